The Morgan fingerprint density at radius 3 is 2.60 bits per heavy atom. The number of alkyl halides is 3. The second-order valence-electron chi connectivity index (χ2n) is 4.66. The van der Waals surface area contributed by atoms with Gasteiger partial charge in [0.2, 0.25) is 0 Å². The SMILES string of the molecule is O=C(Nc1ccc(C(F)(F)F)cc1)OCC1CCNC1. The van der Waals surface area contributed by atoms with E-state index >= 15 is 0 Å². The highest BCUT2D eigenvalue weighted by molar-refractivity contribution is 5.84. The van der Waals surface area contributed by atoms with Crippen LogP contribution in [0.15, 0.2) is 24.3 Å². The molecule has 1 saturated heterocycles. The lowest BCUT2D eigenvalue weighted by Gasteiger charge is -2.11. The molecule has 0 aliphatic carbocycles. The molecule has 1 aromatic rings. The molecule has 4 nitrogen and oxygen atoms in total. The van der Waals surface area contributed by atoms with Gasteiger partial charge in [-0.3, -0.25) is 5.32 Å². The van der Waals surface area contributed by atoms with Crippen molar-refractivity contribution in [3.63, 3.8) is 0 Å². The van der Waals surface area contributed by atoms with Crippen molar-refractivity contribution < 1.29 is 22.7 Å². The number of hydrogen-bond donors (Lipinski definition) is 2. The van der Waals surface area contributed by atoms with Crippen LogP contribution in [0.4, 0.5) is 23.7 Å². The van der Waals surface area contributed by atoms with Gasteiger partial charge in [0.15, 0.2) is 0 Å². The Morgan fingerprint density at radius 1 is 1.35 bits per heavy atom. The molecule has 1 aromatic carbocycles. The van der Waals surface area contributed by atoms with Crippen molar-refractivity contribution in [2.75, 3.05) is 25.0 Å². The summed E-state index contributed by atoms with van der Waals surface area (Å²) in [5.41, 5.74) is -0.485. The standard InChI is InChI=1S/C13H15F3N2O2/c14-13(15,16)10-1-3-11(4-2-10)18-12(19)20-8-9-5-6-17-7-9/h1-4,9,17H,5-8H2,(H,18,19). The zero-order valence-corrected chi connectivity index (χ0v) is 10.7. The van der Waals surface area contributed by atoms with E-state index in [0.717, 1.165) is 31.6 Å². The molecule has 0 radical (unpaired) electrons. The van der Waals surface area contributed by atoms with E-state index in [-0.39, 0.29) is 5.69 Å². The minimum atomic E-state index is -4.38. The zero-order chi connectivity index (χ0) is 14.6. The first kappa shape index (κ1) is 14.6. The molecule has 1 amide bonds. The first-order valence-corrected chi connectivity index (χ1v) is 6.27. The number of amides is 1. The fourth-order valence-electron chi connectivity index (χ4n) is 1.95. The number of ether oxygens (including phenoxy) is 1. The lowest BCUT2D eigenvalue weighted by Crippen LogP contribution is -2.20. The van der Waals surface area contributed by atoms with Gasteiger partial charge in [0.25, 0.3) is 0 Å². The first-order chi connectivity index (χ1) is 9.45. The smallest absolute Gasteiger partial charge is 0.416 e. The minimum absolute atomic E-state index is 0.271. The van der Waals surface area contributed by atoms with Crippen LogP contribution in [0.5, 0.6) is 0 Å². The lowest BCUT2D eigenvalue weighted by molar-refractivity contribution is -0.137. The summed E-state index contributed by atoms with van der Waals surface area (Å²) in [4.78, 5) is 11.5. The second-order valence-corrected chi connectivity index (χ2v) is 4.66. The highest BCUT2D eigenvalue weighted by Crippen LogP contribution is 2.29. The molecular formula is C13H15F3N2O2. The van der Waals surface area contributed by atoms with Crippen molar-refractivity contribution in [3.8, 4) is 0 Å². The number of hydrogen-bond acceptors (Lipinski definition) is 3. The molecule has 0 saturated carbocycles. The fraction of sp³-hybridized carbons (Fsp3) is 0.462. The van der Waals surface area contributed by atoms with Gasteiger partial charge in [0.1, 0.15) is 0 Å². The average Bonchev–Trinajstić information content (AvgIpc) is 2.89. The summed E-state index contributed by atoms with van der Waals surface area (Å²) < 4.78 is 42.1. The molecule has 1 aliphatic heterocycles. The summed E-state index contributed by atoms with van der Waals surface area (Å²) in [5, 5.41) is 5.54. The van der Waals surface area contributed by atoms with E-state index in [9.17, 15) is 18.0 Å². The van der Waals surface area contributed by atoms with E-state index in [1.807, 2.05) is 0 Å². The molecule has 1 atom stereocenters. The van der Waals surface area contributed by atoms with Gasteiger partial charge in [-0.25, -0.2) is 4.79 Å². The molecule has 1 unspecified atom stereocenters. The Morgan fingerprint density at radius 2 is 2.05 bits per heavy atom. The van der Waals surface area contributed by atoms with Crippen molar-refractivity contribution in [2.45, 2.75) is 12.6 Å². The topological polar surface area (TPSA) is 50.4 Å². The van der Waals surface area contributed by atoms with E-state index in [0.29, 0.717) is 12.5 Å². The number of carbonyl (C=O) groups is 1. The molecule has 2 rings (SSSR count). The molecule has 7 heteroatoms. The van der Waals surface area contributed by atoms with Gasteiger partial charge >= 0.3 is 12.3 Å². The van der Waals surface area contributed by atoms with Gasteiger partial charge in [-0.1, -0.05) is 0 Å². The second kappa shape index (κ2) is 6.13. The van der Waals surface area contributed by atoms with E-state index in [1.54, 1.807) is 0 Å². The van der Waals surface area contributed by atoms with Crippen molar-refractivity contribution in [1.29, 1.82) is 0 Å². The maximum absolute atomic E-state index is 12.4. The molecule has 0 bridgehead atoms. The van der Waals surface area contributed by atoms with Crippen LogP contribution in [0.1, 0.15) is 12.0 Å². The van der Waals surface area contributed by atoms with Gasteiger partial charge in [-0.05, 0) is 37.2 Å². The average molecular weight is 288 g/mol. The minimum Gasteiger partial charge on any atom is -0.449 e. The van der Waals surface area contributed by atoms with E-state index < -0.39 is 17.8 Å². The molecular weight excluding hydrogens is 273 g/mol. The van der Waals surface area contributed by atoms with Crippen molar-refractivity contribution >= 4 is 11.8 Å². The van der Waals surface area contributed by atoms with Crippen LogP contribution >= 0.6 is 0 Å². The third-order valence-corrected chi connectivity index (χ3v) is 3.07. The lowest BCUT2D eigenvalue weighted by atomic mass is 10.1. The molecule has 1 fully saturated rings. The quantitative estimate of drug-likeness (QED) is 0.899. The van der Waals surface area contributed by atoms with Crippen LogP contribution in [-0.2, 0) is 10.9 Å². The highest BCUT2D eigenvalue weighted by atomic mass is 19.4. The molecule has 0 aromatic heterocycles. The van der Waals surface area contributed by atoms with E-state index in [4.69, 9.17) is 4.74 Å². The van der Waals surface area contributed by atoms with Crippen LogP contribution < -0.4 is 10.6 Å². The summed E-state index contributed by atoms with van der Waals surface area (Å²) in [6.07, 6.45) is -4.08. The van der Waals surface area contributed by atoms with Crippen LogP contribution in [-0.4, -0.2) is 25.8 Å². The van der Waals surface area contributed by atoms with Gasteiger partial charge in [-0.2, -0.15) is 13.2 Å². The summed E-state index contributed by atoms with van der Waals surface area (Å²) in [5.74, 6) is 0.299. The van der Waals surface area contributed by atoms with Crippen molar-refractivity contribution in [3.05, 3.63) is 29.8 Å². The number of halogens is 3. The van der Waals surface area contributed by atoms with Crippen molar-refractivity contribution in [1.82, 2.24) is 5.32 Å². The Bertz CT molecular complexity index is 454. The Hall–Kier alpha value is -1.76. The van der Waals surface area contributed by atoms with Gasteiger partial charge in [0.05, 0.1) is 12.2 Å². The van der Waals surface area contributed by atoms with Crippen LogP contribution in [0, 0.1) is 5.92 Å². The maximum Gasteiger partial charge on any atom is 0.416 e. The molecule has 2 N–H and O–H groups in total. The summed E-state index contributed by atoms with van der Waals surface area (Å²) >= 11 is 0. The molecule has 1 heterocycles. The highest BCUT2D eigenvalue weighted by Gasteiger charge is 2.30. The number of benzene rings is 1. The molecule has 110 valence electrons. The largest absolute Gasteiger partial charge is 0.449 e. The van der Waals surface area contributed by atoms with Gasteiger partial charge in [0, 0.05) is 18.2 Å². The third kappa shape index (κ3) is 4.12. The van der Waals surface area contributed by atoms with Crippen LogP contribution in [0.25, 0.3) is 0 Å². The van der Waals surface area contributed by atoms with E-state index in [1.165, 1.54) is 12.1 Å². The van der Waals surface area contributed by atoms with Crippen molar-refractivity contribution in [2.24, 2.45) is 5.92 Å². The Balaban J connectivity index is 1.81. The fourth-order valence-corrected chi connectivity index (χ4v) is 1.95. The molecule has 20 heavy (non-hydrogen) atoms. The number of nitrogens with one attached hydrogen (secondary N) is 2. The summed E-state index contributed by atoms with van der Waals surface area (Å²) in [6.45, 7) is 2.03. The van der Waals surface area contributed by atoms with Gasteiger partial charge in [-0.15, -0.1) is 0 Å². The number of rotatable bonds is 3. The number of anilines is 1. The Labute approximate surface area is 114 Å². The first-order valence-electron chi connectivity index (χ1n) is 6.27. The molecule has 1 aliphatic rings. The van der Waals surface area contributed by atoms with E-state index in [2.05, 4.69) is 10.6 Å². The summed E-state index contributed by atoms with van der Waals surface area (Å²) in [7, 11) is 0. The monoisotopic (exact) mass is 288 g/mol. The third-order valence-electron chi connectivity index (χ3n) is 3.07. The zero-order valence-electron chi connectivity index (χ0n) is 10.7. The predicted molar refractivity (Wildman–Crippen MR) is 67.4 cm³/mol. The van der Waals surface area contributed by atoms with Gasteiger partial charge < -0.3 is 10.1 Å². The summed E-state index contributed by atoms with van der Waals surface area (Å²) in [6, 6.07) is 4.22. The molecule has 0 spiro atoms. The Kier molecular flexibility index (Phi) is 4.49. The normalized spacial score (nSPS) is 18.9. The van der Waals surface area contributed by atoms with Crippen LogP contribution in [0.2, 0.25) is 0 Å². The van der Waals surface area contributed by atoms with Crippen LogP contribution in [0.3, 0.4) is 0 Å². The number of carbonyl (C=O) groups excluding carboxylic acids is 1. The predicted octanol–water partition coefficient (Wildman–Crippen LogP) is 2.86. The maximum atomic E-state index is 12.4.